The second-order valence-electron chi connectivity index (χ2n) is 2.01. The maximum absolute atomic E-state index is 5.66. The van der Waals surface area contributed by atoms with Gasteiger partial charge in [-0.15, -0.1) is 12.4 Å². The summed E-state index contributed by atoms with van der Waals surface area (Å²) in [5.74, 6) is 0. The van der Waals surface area contributed by atoms with Crippen LogP contribution in [0.25, 0.3) is 0 Å². The van der Waals surface area contributed by atoms with Gasteiger partial charge in [-0.25, -0.2) is 0 Å². The van der Waals surface area contributed by atoms with E-state index in [2.05, 4.69) is 10.2 Å². The summed E-state index contributed by atoms with van der Waals surface area (Å²) in [6, 6.07) is 1.99. The van der Waals surface area contributed by atoms with Gasteiger partial charge in [0.2, 0.25) is 0 Å². The van der Waals surface area contributed by atoms with E-state index < -0.39 is 0 Å². The first kappa shape index (κ1) is 9.46. The second-order valence-corrected chi connectivity index (χ2v) is 2.01. The van der Waals surface area contributed by atoms with E-state index in [-0.39, 0.29) is 18.4 Å². The molecule has 0 fully saturated rings. The van der Waals surface area contributed by atoms with Crippen molar-refractivity contribution < 1.29 is 0 Å². The minimum atomic E-state index is 0. The molecule has 0 saturated heterocycles. The van der Waals surface area contributed by atoms with Crippen molar-refractivity contribution in [3.05, 3.63) is 18.0 Å². The summed E-state index contributed by atoms with van der Waals surface area (Å²) in [5, 5.41) is 6.65. The third kappa shape index (κ3) is 2.01. The van der Waals surface area contributed by atoms with Crippen molar-refractivity contribution in [1.82, 2.24) is 10.2 Å². The molecule has 3 N–H and O–H groups in total. The zero-order valence-corrected chi connectivity index (χ0v) is 6.69. The Morgan fingerprint density at radius 1 is 1.80 bits per heavy atom. The molecule has 1 unspecified atom stereocenters. The zero-order chi connectivity index (χ0) is 6.69. The maximum atomic E-state index is 5.66. The van der Waals surface area contributed by atoms with E-state index in [1.165, 1.54) is 0 Å². The van der Waals surface area contributed by atoms with E-state index in [9.17, 15) is 0 Å². The molecule has 0 radical (unpaired) electrons. The van der Waals surface area contributed by atoms with Crippen molar-refractivity contribution in [2.24, 2.45) is 5.73 Å². The molecule has 0 spiro atoms. The van der Waals surface area contributed by atoms with Crippen LogP contribution in [0, 0.1) is 0 Å². The number of hydrogen-bond donors (Lipinski definition) is 2. The van der Waals surface area contributed by atoms with Crippen LogP contribution >= 0.6 is 12.4 Å². The highest BCUT2D eigenvalue weighted by Gasteiger charge is 2.02. The first-order valence-electron chi connectivity index (χ1n) is 3.10. The average molecular weight is 162 g/mol. The molecule has 3 nitrogen and oxygen atoms in total. The van der Waals surface area contributed by atoms with Gasteiger partial charge in [0.15, 0.2) is 0 Å². The molecule has 10 heavy (non-hydrogen) atoms. The van der Waals surface area contributed by atoms with Crippen LogP contribution in [0.4, 0.5) is 0 Å². The summed E-state index contributed by atoms with van der Waals surface area (Å²) in [6.45, 7) is 2.04. The van der Waals surface area contributed by atoms with Crippen molar-refractivity contribution in [2.75, 3.05) is 0 Å². The lowest BCUT2D eigenvalue weighted by Gasteiger charge is -2.01. The molecule has 1 rings (SSSR count). The van der Waals surface area contributed by atoms with Crippen LogP contribution < -0.4 is 5.73 Å². The summed E-state index contributed by atoms with van der Waals surface area (Å²) >= 11 is 0. The molecule has 1 aromatic rings. The average Bonchev–Trinajstić information content (AvgIpc) is 2.37. The van der Waals surface area contributed by atoms with E-state index in [1.807, 2.05) is 13.0 Å². The van der Waals surface area contributed by atoms with Crippen molar-refractivity contribution in [3.63, 3.8) is 0 Å². The van der Waals surface area contributed by atoms with E-state index >= 15 is 0 Å². The zero-order valence-electron chi connectivity index (χ0n) is 5.87. The maximum Gasteiger partial charge on any atom is 0.0789 e. The van der Waals surface area contributed by atoms with Crippen molar-refractivity contribution in [1.29, 1.82) is 0 Å². The van der Waals surface area contributed by atoms with Gasteiger partial charge >= 0.3 is 0 Å². The summed E-state index contributed by atoms with van der Waals surface area (Å²) in [6.07, 6.45) is 2.72. The number of nitrogens with zero attached hydrogens (tertiary/aromatic N) is 1. The van der Waals surface area contributed by atoms with Gasteiger partial charge in [-0.05, 0) is 12.5 Å². The van der Waals surface area contributed by atoms with Crippen LogP contribution in [-0.4, -0.2) is 10.2 Å². The standard InChI is InChI=1S/C6H11N3.ClH/c1-2-5(7)6-3-4-8-9-6;/h3-5H,2,7H2,1H3,(H,8,9);1H. The fourth-order valence-corrected chi connectivity index (χ4v) is 0.687. The molecular weight excluding hydrogens is 150 g/mol. The third-order valence-corrected chi connectivity index (χ3v) is 1.34. The number of rotatable bonds is 2. The van der Waals surface area contributed by atoms with E-state index in [0.717, 1.165) is 12.1 Å². The number of nitrogens with one attached hydrogen (secondary N) is 1. The third-order valence-electron chi connectivity index (χ3n) is 1.34. The number of halogens is 1. The van der Waals surface area contributed by atoms with Crippen LogP contribution in [-0.2, 0) is 0 Å². The molecule has 1 heterocycles. The fourth-order valence-electron chi connectivity index (χ4n) is 0.687. The minimum absolute atomic E-state index is 0. The minimum Gasteiger partial charge on any atom is -0.323 e. The Labute approximate surface area is 66.4 Å². The van der Waals surface area contributed by atoms with Gasteiger partial charge in [0.1, 0.15) is 0 Å². The number of nitrogens with two attached hydrogens (primary N) is 1. The summed E-state index contributed by atoms with van der Waals surface area (Å²) in [7, 11) is 0. The van der Waals surface area contributed by atoms with Gasteiger partial charge < -0.3 is 5.73 Å². The highest BCUT2D eigenvalue weighted by Crippen LogP contribution is 2.07. The van der Waals surface area contributed by atoms with Gasteiger partial charge in [0.25, 0.3) is 0 Å². The number of hydrogen-bond acceptors (Lipinski definition) is 2. The Morgan fingerprint density at radius 3 is 2.90 bits per heavy atom. The van der Waals surface area contributed by atoms with Gasteiger partial charge in [-0.1, -0.05) is 6.92 Å². The molecule has 1 atom stereocenters. The number of aromatic nitrogens is 2. The summed E-state index contributed by atoms with van der Waals surface area (Å²) in [5.41, 5.74) is 6.60. The smallest absolute Gasteiger partial charge is 0.0789 e. The second kappa shape index (κ2) is 4.30. The van der Waals surface area contributed by atoms with E-state index in [1.54, 1.807) is 6.20 Å². The molecule has 0 aliphatic carbocycles. The van der Waals surface area contributed by atoms with Crippen molar-refractivity contribution in [3.8, 4) is 0 Å². The van der Waals surface area contributed by atoms with Crippen molar-refractivity contribution >= 4 is 12.4 Å². The molecule has 4 heteroatoms. The highest BCUT2D eigenvalue weighted by atomic mass is 35.5. The van der Waals surface area contributed by atoms with Gasteiger partial charge in [0.05, 0.1) is 5.69 Å². The van der Waals surface area contributed by atoms with E-state index in [4.69, 9.17) is 5.73 Å². The van der Waals surface area contributed by atoms with E-state index in [0.29, 0.717) is 0 Å². The van der Waals surface area contributed by atoms with Crippen LogP contribution in [0.2, 0.25) is 0 Å². The Morgan fingerprint density at radius 2 is 2.50 bits per heavy atom. The number of aromatic amines is 1. The Hall–Kier alpha value is -0.540. The Bertz CT molecular complexity index is 162. The van der Waals surface area contributed by atoms with Crippen LogP contribution in [0.15, 0.2) is 12.3 Å². The lowest BCUT2D eigenvalue weighted by molar-refractivity contribution is 0.672. The summed E-state index contributed by atoms with van der Waals surface area (Å²) < 4.78 is 0. The Kier molecular flexibility index (Phi) is 4.07. The van der Waals surface area contributed by atoms with Crippen molar-refractivity contribution in [2.45, 2.75) is 19.4 Å². The fraction of sp³-hybridized carbons (Fsp3) is 0.500. The van der Waals surface area contributed by atoms with Crippen LogP contribution in [0.3, 0.4) is 0 Å². The molecule has 0 bridgehead atoms. The predicted octanol–water partition coefficient (Wildman–Crippen LogP) is 1.24. The quantitative estimate of drug-likeness (QED) is 0.686. The highest BCUT2D eigenvalue weighted by molar-refractivity contribution is 5.85. The molecule has 0 aromatic carbocycles. The van der Waals surface area contributed by atoms with Crippen LogP contribution in [0.5, 0.6) is 0 Å². The molecule has 58 valence electrons. The summed E-state index contributed by atoms with van der Waals surface area (Å²) in [4.78, 5) is 0. The first-order chi connectivity index (χ1) is 4.34. The lowest BCUT2D eigenvalue weighted by Crippen LogP contribution is -2.08. The lowest BCUT2D eigenvalue weighted by atomic mass is 10.2. The SMILES string of the molecule is CCC(N)c1cc[nH]n1.Cl. The number of H-pyrrole nitrogens is 1. The van der Waals surface area contributed by atoms with Gasteiger partial charge in [-0.2, -0.15) is 5.10 Å². The molecule has 1 aromatic heterocycles. The van der Waals surface area contributed by atoms with Crippen LogP contribution in [0.1, 0.15) is 25.1 Å². The molecule has 0 aliphatic rings. The first-order valence-corrected chi connectivity index (χ1v) is 3.10. The molecular formula is C6H12ClN3. The largest absolute Gasteiger partial charge is 0.323 e. The predicted molar refractivity (Wildman–Crippen MR) is 43.1 cm³/mol. The molecule has 0 aliphatic heterocycles. The van der Waals surface area contributed by atoms with Gasteiger partial charge in [-0.3, -0.25) is 5.10 Å². The van der Waals surface area contributed by atoms with Gasteiger partial charge in [0, 0.05) is 12.2 Å². The molecule has 0 amide bonds. The normalized spacial score (nSPS) is 12.2. The topological polar surface area (TPSA) is 54.7 Å². The molecule has 0 saturated carbocycles. The monoisotopic (exact) mass is 161 g/mol. The Balaban J connectivity index is 0.000000810.